The van der Waals surface area contributed by atoms with Crippen molar-refractivity contribution >= 4 is 23.4 Å². The number of nitrogens with one attached hydrogen (secondary N) is 2. The number of carbonyl (C=O) groups excluding carboxylic acids is 1. The van der Waals surface area contributed by atoms with Crippen LogP contribution in [0.5, 0.6) is 0 Å². The van der Waals surface area contributed by atoms with E-state index in [9.17, 15) is 4.79 Å². The number of aliphatic imine (C=N–C) groups is 1. The predicted molar refractivity (Wildman–Crippen MR) is 101 cm³/mol. The topological polar surface area (TPSA) is 66.0 Å². The summed E-state index contributed by atoms with van der Waals surface area (Å²) in [7, 11) is 1.73. The number of hydrogen-bond donors (Lipinski definition) is 2. The van der Waals surface area contributed by atoms with Gasteiger partial charge in [0, 0.05) is 31.6 Å². The van der Waals surface area contributed by atoms with Crippen LogP contribution in [0.1, 0.15) is 38.1 Å². The highest BCUT2D eigenvalue weighted by molar-refractivity contribution is 7.10. The molecule has 1 rings (SSSR count). The first-order chi connectivity index (χ1) is 11.2. The molecule has 0 saturated heterocycles. The Labute approximate surface area is 149 Å². The highest BCUT2D eigenvalue weighted by Gasteiger charge is 2.19. The second-order valence-electron chi connectivity index (χ2n) is 6.55. The summed E-state index contributed by atoms with van der Waals surface area (Å²) < 4.78 is 5.33. The molecule has 0 saturated carbocycles. The number of guanidine groups is 1. The van der Waals surface area contributed by atoms with E-state index in [-0.39, 0.29) is 6.09 Å². The SMILES string of the molecule is CCNC(=NCc1sccc1C)NCCN(C)C(=O)OC(C)(C)C. The summed E-state index contributed by atoms with van der Waals surface area (Å²) in [6.07, 6.45) is -0.319. The van der Waals surface area contributed by atoms with Crippen LogP contribution in [0.25, 0.3) is 0 Å². The van der Waals surface area contributed by atoms with Gasteiger partial charge in [0.05, 0.1) is 6.54 Å². The summed E-state index contributed by atoms with van der Waals surface area (Å²) in [4.78, 5) is 19.3. The minimum Gasteiger partial charge on any atom is -0.444 e. The fraction of sp³-hybridized carbons (Fsp3) is 0.647. The van der Waals surface area contributed by atoms with Gasteiger partial charge in [-0.3, -0.25) is 0 Å². The standard InChI is InChI=1S/C17H30N4O2S/c1-7-18-15(20-12-14-13(2)8-11-24-14)19-9-10-21(6)16(22)23-17(3,4)5/h8,11H,7,9-10,12H2,1-6H3,(H2,18,19,20). The molecule has 0 aliphatic heterocycles. The molecule has 0 spiro atoms. The van der Waals surface area contributed by atoms with E-state index in [2.05, 4.69) is 34.0 Å². The lowest BCUT2D eigenvalue weighted by atomic mass is 10.2. The molecular weight excluding hydrogens is 324 g/mol. The van der Waals surface area contributed by atoms with Crippen LogP contribution in [0.2, 0.25) is 0 Å². The van der Waals surface area contributed by atoms with E-state index in [0.29, 0.717) is 19.6 Å². The van der Waals surface area contributed by atoms with Crippen molar-refractivity contribution in [2.75, 3.05) is 26.7 Å². The number of thiophene rings is 1. The minimum absolute atomic E-state index is 0.319. The van der Waals surface area contributed by atoms with E-state index in [1.807, 2.05) is 27.7 Å². The molecule has 0 unspecified atom stereocenters. The van der Waals surface area contributed by atoms with Crippen molar-refractivity contribution in [3.8, 4) is 0 Å². The Morgan fingerprint density at radius 1 is 1.38 bits per heavy atom. The van der Waals surface area contributed by atoms with Gasteiger partial charge in [0.1, 0.15) is 5.60 Å². The molecule has 0 aliphatic carbocycles. The Hall–Kier alpha value is -1.76. The smallest absolute Gasteiger partial charge is 0.410 e. The maximum Gasteiger partial charge on any atom is 0.410 e. The quantitative estimate of drug-likeness (QED) is 0.609. The van der Waals surface area contributed by atoms with E-state index >= 15 is 0 Å². The molecule has 7 heteroatoms. The van der Waals surface area contributed by atoms with Gasteiger partial charge in [-0.05, 0) is 51.6 Å². The van der Waals surface area contributed by atoms with Crippen LogP contribution in [0, 0.1) is 6.92 Å². The van der Waals surface area contributed by atoms with Crippen LogP contribution in [0.15, 0.2) is 16.4 Å². The van der Waals surface area contributed by atoms with Gasteiger partial charge in [0.15, 0.2) is 5.96 Å². The molecule has 0 fully saturated rings. The first kappa shape index (κ1) is 20.3. The average Bonchev–Trinajstić information content (AvgIpc) is 2.88. The number of likely N-dealkylation sites (N-methyl/N-ethyl adjacent to an activating group) is 1. The first-order valence-electron chi connectivity index (χ1n) is 8.22. The van der Waals surface area contributed by atoms with E-state index < -0.39 is 5.60 Å². The van der Waals surface area contributed by atoms with Crippen molar-refractivity contribution in [2.45, 2.75) is 46.8 Å². The van der Waals surface area contributed by atoms with E-state index in [0.717, 1.165) is 12.5 Å². The summed E-state index contributed by atoms with van der Waals surface area (Å²) in [5.74, 6) is 0.753. The Morgan fingerprint density at radius 2 is 2.08 bits per heavy atom. The third-order valence-electron chi connectivity index (χ3n) is 3.14. The molecule has 1 amide bonds. The number of carbonyl (C=O) groups is 1. The minimum atomic E-state index is -0.478. The van der Waals surface area contributed by atoms with Crippen LogP contribution >= 0.6 is 11.3 Å². The number of ether oxygens (including phenoxy) is 1. The van der Waals surface area contributed by atoms with Crippen molar-refractivity contribution in [3.05, 3.63) is 21.9 Å². The van der Waals surface area contributed by atoms with Crippen molar-refractivity contribution in [1.29, 1.82) is 0 Å². The molecule has 0 aromatic carbocycles. The first-order valence-corrected chi connectivity index (χ1v) is 9.10. The van der Waals surface area contributed by atoms with Crippen molar-refractivity contribution < 1.29 is 9.53 Å². The van der Waals surface area contributed by atoms with Crippen molar-refractivity contribution in [3.63, 3.8) is 0 Å². The molecule has 24 heavy (non-hydrogen) atoms. The number of nitrogens with zero attached hydrogens (tertiary/aromatic N) is 2. The second-order valence-corrected chi connectivity index (χ2v) is 7.55. The fourth-order valence-electron chi connectivity index (χ4n) is 1.83. The molecule has 2 N–H and O–H groups in total. The van der Waals surface area contributed by atoms with Crippen LogP contribution < -0.4 is 10.6 Å². The Bertz CT molecular complexity index is 549. The number of rotatable bonds is 6. The molecule has 0 bridgehead atoms. The summed E-state index contributed by atoms with van der Waals surface area (Å²) in [5.41, 5.74) is 0.789. The summed E-state index contributed by atoms with van der Waals surface area (Å²) in [5, 5.41) is 8.54. The lowest BCUT2D eigenvalue weighted by molar-refractivity contribution is 0.0302. The molecule has 0 aliphatic rings. The van der Waals surface area contributed by atoms with Gasteiger partial charge in [-0.1, -0.05) is 0 Å². The average molecular weight is 355 g/mol. The van der Waals surface area contributed by atoms with E-state index in [4.69, 9.17) is 4.74 Å². The van der Waals surface area contributed by atoms with Crippen molar-refractivity contribution in [1.82, 2.24) is 15.5 Å². The van der Waals surface area contributed by atoms with Gasteiger partial charge >= 0.3 is 6.09 Å². The lowest BCUT2D eigenvalue weighted by Crippen LogP contribution is -2.43. The van der Waals surface area contributed by atoms with Crippen LogP contribution in [0.4, 0.5) is 4.79 Å². The molecule has 6 nitrogen and oxygen atoms in total. The monoisotopic (exact) mass is 354 g/mol. The summed E-state index contributed by atoms with van der Waals surface area (Å²) >= 11 is 1.72. The van der Waals surface area contributed by atoms with Gasteiger partial charge in [-0.25, -0.2) is 9.79 Å². The van der Waals surface area contributed by atoms with Crippen LogP contribution in [-0.4, -0.2) is 49.2 Å². The fourth-order valence-corrected chi connectivity index (χ4v) is 2.66. The molecule has 0 radical (unpaired) electrons. The van der Waals surface area contributed by atoms with Crippen LogP contribution in [0.3, 0.4) is 0 Å². The van der Waals surface area contributed by atoms with Crippen molar-refractivity contribution in [2.24, 2.45) is 4.99 Å². The molecule has 1 heterocycles. The van der Waals surface area contributed by atoms with Gasteiger partial charge in [0.25, 0.3) is 0 Å². The summed E-state index contributed by atoms with van der Waals surface area (Å²) in [6.45, 7) is 12.3. The molecule has 1 aromatic heterocycles. The second kappa shape index (κ2) is 9.52. The number of hydrogen-bond acceptors (Lipinski definition) is 4. The normalized spacial score (nSPS) is 12.0. The van der Waals surface area contributed by atoms with Gasteiger partial charge in [0.2, 0.25) is 0 Å². The molecular formula is C17H30N4O2S. The largest absolute Gasteiger partial charge is 0.444 e. The van der Waals surface area contributed by atoms with E-state index in [1.54, 1.807) is 23.3 Å². The van der Waals surface area contributed by atoms with Gasteiger partial charge in [-0.15, -0.1) is 11.3 Å². The Morgan fingerprint density at radius 3 is 2.62 bits per heavy atom. The lowest BCUT2D eigenvalue weighted by Gasteiger charge is -2.24. The van der Waals surface area contributed by atoms with Gasteiger partial charge in [-0.2, -0.15) is 0 Å². The highest BCUT2D eigenvalue weighted by Crippen LogP contribution is 2.16. The maximum absolute atomic E-state index is 11.9. The third-order valence-corrected chi connectivity index (χ3v) is 4.15. The Kier molecular flexibility index (Phi) is 8.04. The predicted octanol–water partition coefficient (Wildman–Crippen LogP) is 2.98. The maximum atomic E-state index is 11.9. The zero-order valence-electron chi connectivity index (χ0n) is 15.6. The summed E-state index contributed by atoms with van der Waals surface area (Å²) in [6, 6.07) is 2.10. The number of aryl methyl sites for hydroxylation is 1. The van der Waals surface area contributed by atoms with E-state index in [1.165, 1.54) is 10.4 Å². The zero-order valence-corrected chi connectivity index (χ0v) is 16.4. The van der Waals surface area contributed by atoms with Gasteiger partial charge < -0.3 is 20.3 Å². The number of amides is 1. The molecule has 136 valence electrons. The molecule has 1 aromatic rings. The zero-order chi connectivity index (χ0) is 18.2. The molecule has 0 atom stereocenters. The Balaban J connectivity index is 2.46. The highest BCUT2D eigenvalue weighted by atomic mass is 32.1. The third kappa shape index (κ3) is 7.68. The van der Waals surface area contributed by atoms with Crippen LogP contribution in [-0.2, 0) is 11.3 Å².